The minimum Gasteiger partial charge on any atom is -0.406 e. The molecule has 5 rings (SSSR count). The summed E-state index contributed by atoms with van der Waals surface area (Å²) in [6.45, 7) is 6.84. The number of ether oxygens (including phenoxy) is 1. The standard InChI is InChI=1S/C30H35ClF3N3O3S/c1-3-37-28(20-21(2)35-37)22-14-18-36(19-15-22)25-12-16-29(17-13-25,41(38,39)27-10-6-24(31)7-11-27)23-4-8-26(9-5-23)40-30(32,33)34/h4-11,20,22,25H,3,12-19H2,1-2H3. The van der Waals surface area contributed by atoms with Crippen LogP contribution in [0.5, 0.6) is 5.75 Å². The van der Waals surface area contributed by atoms with Crippen molar-refractivity contribution >= 4 is 21.4 Å². The van der Waals surface area contributed by atoms with E-state index in [2.05, 4.69) is 32.4 Å². The van der Waals surface area contributed by atoms with E-state index in [1.807, 2.05) is 6.92 Å². The van der Waals surface area contributed by atoms with E-state index in [0.717, 1.165) is 38.2 Å². The van der Waals surface area contributed by atoms with E-state index in [1.54, 1.807) is 12.1 Å². The molecule has 6 nitrogen and oxygen atoms in total. The third-order valence-corrected chi connectivity index (χ3v) is 11.5. The number of rotatable bonds is 7. The average molecular weight is 610 g/mol. The van der Waals surface area contributed by atoms with Crippen LogP contribution in [0.2, 0.25) is 5.02 Å². The molecule has 0 spiro atoms. The van der Waals surface area contributed by atoms with Crippen molar-refractivity contribution in [3.05, 3.63) is 76.6 Å². The van der Waals surface area contributed by atoms with Crippen LogP contribution in [0.25, 0.3) is 0 Å². The van der Waals surface area contributed by atoms with Gasteiger partial charge < -0.3 is 9.64 Å². The fourth-order valence-corrected chi connectivity index (χ4v) is 8.95. The van der Waals surface area contributed by atoms with Gasteiger partial charge in [-0.25, -0.2) is 8.42 Å². The minimum atomic E-state index is -4.82. The molecule has 0 radical (unpaired) electrons. The van der Waals surface area contributed by atoms with Crippen LogP contribution in [0.4, 0.5) is 13.2 Å². The number of aryl methyl sites for hydroxylation is 2. The number of aromatic nitrogens is 2. The second kappa shape index (κ2) is 11.6. The molecule has 1 aliphatic carbocycles. The topological polar surface area (TPSA) is 64.4 Å². The van der Waals surface area contributed by atoms with Crippen molar-refractivity contribution < 1.29 is 26.3 Å². The number of hydrogen-bond donors (Lipinski definition) is 0. The van der Waals surface area contributed by atoms with E-state index in [-0.39, 0.29) is 16.7 Å². The maximum absolute atomic E-state index is 14.2. The van der Waals surface area contributed by atoms with E-state index in [4.69, 9.17) is 11.6 Å². The van der Waals surface area contributed by atoms with Gasteiger partial charge in [0, 0.05) is 29.2 Å². The van der Waals surface area contributed by atoms with Crippen molar-refractivity contribution in [2.45, 2.75) is 86.9 Å². The lowest BCUT2D eigenvalue weighted by Crippen LogP contribution is -2.48. The largest absolute Gasteiger partial charge is 0.573 e. The van der Waals surface area contributed by atoms with Gasteiger partial charge in [-0.05, 0) is 113 Å². The molecule has 1 saturated heterocycles. The zero-order valence-electron chi connectivity index (χ0n) is 23.2. The molecule has 11 heteroatoms. The maximum atomic E-state index is 14.2. The number of piperidine rings is 1. The number of sulfone groups is 1. The molecule has 1 aliphatic heterocycles. The van der Waals surface area contributed by atoms with Gasteiger partial charge >= 0.3 is 6.36 Å². The highest BCUT2D eigenvalue weighted by Gasteiger charge is 2.49. The lowest BCUT2D eigenvalue weighted by molar-refractivity contribution is -0.274. The van der Waals surface area contributed by atoms with Crippen LogP contribution < -0.4 is 4.74 Å². The second-order valence-electron chi connectivity index (χ2n) is 11.1. The second-order valence-corrected chi connectivity index (χ2v) is 13.8. The van der Waals surface area contributed by atoms with Gasteiger partial charge in [0.15, 0.2) is 9.84 Å². The Morgan fingerprint density at radius 3 is 2.17 bits per heavy atom. The van der Waals surface area contributed by atoms with Crippen molar-refractivity contribution in [3.8, 4) is 5.75 Å². The van der Waals surface area contributed by atoms with Crippen molar-refractivity contribution in [1.82, 2.24) is 14.7 Å². The van der Waals surface area contributed by atoms with E-state index < -0.39 is 20.9 Å². The van der Waals surface area contributed by atoms with Crippen LogP contribution in [0, 0.1) is 6.92 Å². The Bertz CT molecular complexity index is 1440. The molecule has 1 saturated carbocycles. The summed E-state index contributed by atoms with van der Waals surface area (Å²) in [5.74, 6) is 0.0780. The first-order valence-electron chi connectivity index (χ1n) is 14.1. The normalized spacial score (nSPS) is 23.0. The quantitative estimate of drug-likeness (QED) is 0.282. The molecule has 0 bridgehead atoms. The molecule has 0 unspecified atom stereocenters. The number of benzene rings is 2. The molecular weight excluding hydrogens is 575 g/mol. The predicted octanol–water partition coefficient (Wildman–Crippen LogP) is 7.25. The smallest absolute Gasteiger partial charge is 0.406 e. The number of alkyl halides is 3. The Morgan fingerprint density at radius 1 is 1.00 bits per heavy atom. The zero-order chi connectivity index (χ0) is 29.4. The van der Waals surface area contributed by atoms with Gasteiger partial charge in [-0.3, -0.25) is 4.68 Å². The van der Waals surface area contributed by atoms with Gasteiger partial charge in [0.05, 0.1) is 10.6 Å². The Morgan fingerprint density at radius 2 is 1.61 bits per heavy atom. The Balaban J connectivity index is 1.36. The Hall–Kier alpha value is -2.56. The van der Waals surface area contributed by atoms with Gasteiger partial charge in [-0.1, -0.05) is 23.7 Å². The molecule has 2 aliphatic rings. The summed E-state index contributed by atoms with van der Waals surface area (Å²) in [7, 11) is -3.90. The van der Waals surface area contributed by atoms with Crippen LogP contribution in [-0.2, 0) is 21.1 Å². The number of hydrogen-bond acceptors (Lipinski definition) is 5. The number of likely N-dealkylation sites (tertiary alicyclic amines) is 1. The van der Waals surface area contributed by atoms with Crippen molar-refractivity contribution in [3.63, 3.8) is 0 Å². The first-order chi connectivity index (χ1) is 19.4. The van der Waals surface area contributed by atoms with Gasteiger partial charge in [0.25, 0.3) is 0 Å². The summed E-state index contributed by atoms with van der Waals surface area (Å²) in [6.07, 6.45) is -0.704. The van der Waals surface area contributed by atoms with E-state index >= 15 is 0 Å². The van der Waals surface area contributed by atoms with Gasteiger partial charge in [0.1, 0.15) is 10.5 Å². The van der Waals surface area contributed by atoms with Gasteiger partial charge in [0.2, 0.25) is 0 Å². The highest BCUT2D eigenvalue weighted by atomic mass is 35.5. The summed E-state index contributed by atoms with van der Waals surface area (Å²) in [5, 5.41) is 5.04. The first kappa shape index (κ1) is 29.9. The average Bonchev–Trinajstić information content (AvgIpc) is 3.33. The molecule has 3 aromatic rings. The molecule has 41 heavy (non-hydrogen) atoms. The lowest BCUT2D eigenvalue weighted by Gasteiger charge is -2.45. The van der Waals surface area contributed by atoms with Crippen molar-refractivity contribution in [1.29, 1.82) is 0 Å². The van der Waals surface area contributed by atoms with Gasteiger partial charge in [-0.15, -0.1) is 13.2 Å². The molecule has 0 atom stereocenters. The molecule has 2 fully saturated rings. The first-order valence-corrected chi connectivity index (χ1v) is 15.9. The third-order valence-electron chi connectivity index (χ3n) is 8.71. The van der Waals surface area contributed by atoms with E-state index in [0.29, 0.717) is 42.2 Å². The molecule has 0 amide bonds. The monoisotopic (exact) mass is 609 g/mol. The Kier molecular flexibility index (Phi) is 8.47. The SMILES string of the molecule is CCn1nc(C)cc1C1CCN(C2CCC(c3ccc(OC(F)(F)F)cc3)(S(=O)(=O)c3ccc(Cl)cc3)CC2)CC1. The molecule has 222 valence electrons. The Labute approximate surface area is 244 Å². The summed E-state index contributed by atoms with van der Waals surface area (Å²) in [5.41, 5.74) is 2.80. The lowest BCUT2D eigenvalue weighted by atomic mass is 9.79. The summed E-state index contributed by atoms with van der Waals surface area (Å²) in [6, 6.07) is 13.8. The highest BCUT2D eigenvalue weighted by molar-refractivity contribution is 7.92. The molecule has 1 aromatic heterocycles. The predicted molar refractivity (Wildman–Crippen MR) is 152 cm³/mol. The molecule has 2 aromatic carbocycles. The molecular formula is C30H35ClF3N3O3S. The van der Waals surface area contributed by atoms with Crippen LogP contribution in [-0.4, -0.2) is 48.6 Å². The third kappa shape index (κ3) is 6.15. The summed E-state index contributed by atoms with van der Waals surface area (Å²) < 4.78 is 71.5. The van der Waals surface area contributed by atoms with E-state index in [1.165, 1.54) is 42.1 Å². The van der Waals surface area contributed by atoms with Crippen LogP contribution in [0.1, 0.15) is 68.3 Å². The fourth-order valence-electron chi connectivity index (χ4n) is 6.65. The van der Waals surface area contributed by atoms with Crippen molar-refractivity contribution in [2.24, 2.45) is 0 Å². The summed E-state index contributed by atoms with van der Waals surface area (Å²) >= 11 is 6.03. The van der Waals surface area contributed by atoms with Crippen molar-refractivity contribution in [2.75, 3.05) is 13.1 Å². The van der Waals surface area contributed by atoms with Crippen LogP contribution >= 0.6 is 11.6 Å². The van der Waals surface area contributed by atoms with Gasteiger partial charge in [-0.2, -0.15) is 5.10 Å². The zero-order valence-corrected chi connectivity index (χ0v) is 24.8. The maximum Gasteiger partial charge on any atom is 0.573 e. The van der Waals surface area contributed by atoms with Crippen LogP contribution in [0.3, 0.4) is 0 Å². The van der Waals surface area contributed by atoms with Crippen LogP contribution in [0.15, 0.2) is 59.5 Å². The number of halogens is 4. The minimum absolute atomic E-state index is 0.152. The fraction of sp³-hybridized carbons (Fsp3) is 0.500. The highest BCUT2D eigenvalue weighted by Crippen LogP contribution is 2.48. The molecule has 2 heterocycles. The summed E-state index contributed by atoms with van der Waals surface area (Å²) in [4.78, 5) is 2.63. The van der Waals surface area contributed by atoms with E-state index in [9.17, 15) is 21.6 Å². The number of nitrogens with zero attached hydrogens (tertiary/aromatic N) is 3. The molecule has 0 N–H and O–H groups in total.